The second-order valence-corrected chi connectivity index (χ2v) is 7.99. The van der Waals surface area contributed by atoms with Gasteiger partial charge in [-0.1, -0.05) is 51.1 Å². The molecule has 3 rings (SSSR count). The fourth-order valence-corrected chi connectivity index (χ4v) is 4.11. The van der Waals surface area contributed by atoms with Crippen molar-refractivity contribution < 1.29 is 19.3 Å². The fourth-order valence-electron chi connectivity index (χ4n) is 4.11. The van der Waals surface area contributed by atoms with Crippen molar-refractivity contribution in [3.8, 4) is 0 Å². The van der Waals surface area contributed by atoms with Crippen molar-refractivity contribution in [2.75, 3.05) is 0 Å². The van der Waals surface area contributed by atoms with E-state index in [1.807, 2.05) is 58.0 Å². The molecule has 5 atom stereocenters. The summed E-state index contributed by atoms with van der Waals surface area (Å²) in [6.45, 7) is 7.91. The minimum Gasteiger partial charge on any atom is -0.390 e. The molecule has 2 aromatic carbocycles. The van der Waals surface area contributed by atoms with Gasteiger partial charge in [-0.2, -0.15) is 0 Å². The lowest BCUT2D eigenvalue weighted by atomic mass is 9.84. The van der Waals surface area contributed by atoms with E-state index in [0.29, 0.717) is 12.8 Å². The molecule has 1 aliphatic heterocycles. The third-order valence-corrected chi connectivity index (χ3v) is 6.10. The second-order valence-electron chi connectivity index (χ2n) is 7.99. The third-order valence-electron chi connectivity index (χ3n) is 6.10. The molecule has 4 heteroatoms. The molecule has 28 heavy (non-hydrogen) atoms. The van der Waals surface area contributed by atoms with E-state index >= 15 is 0 Å². The van der Waals surface area contributed by atoms with Crippen LogP contribution in [0.4, 0.5) is 4.39 Å². The highest BCUT2D eigenvalue weighted by Crippen LogP contribution is 2.37. The van der Waals surface area contributed by atoms with Gasteiger partial charge in [-0.25, -0.2) is 4.39 Å². The van der Waals surface area contributed by atoms with Crippen LogP contribution in [0.3, 0.4) is 0 Å². The third kappa shape index (κ3) is 4.14. The minimum absolute atomic E-state index is 0.0937. The van der Waals surface area contributed by atoms with E-state index in [1.165, 1.54) is 0 Å². The van der Waals surface area contributed by atoms with Crippen molar-refractivity contribution in [2.45, 2.75) is 71.4 Å². The number of halogens is 1. The maximum absolute atomic E-state index is 14.2. The molecule has 0 radical (unpaired) electrons. The van der Waals surface area contributed by atoms with Gasteiger partial charge in [0.15, 0.2) is 0 Å². The number of benzene rings is 2. The normalized spacial score (nSPS) is 27.8. The largest absolute Gasteiger partial charge is 0.390 e. The summed E-state index contributed by atoms with van der Waals surface area (Å²) in [5.74, 6) is -0.274. The van der Waals surface area contributed by atoms with Crippen LogP contribution >= 0.6 is 0 Å². The standard InChI is InChI=1S/C24H31FO3/c1-5-17-10-8-16(12-20(17)25)11-19-13-18(9-7-14(19)3)24-23(27)22(26)15(4)21(6-2)28-24/h7-10,12-13,15,21-24,26-27H,5-6,11H2,1-4H3/t15-,21-,22+,23-,24+/m1/s1. The molecule has 1 aliphatic rings. The molecule has 152 valence electrons. The first kappa shape index (κ1) is 21.0. The van der Waals surface area contributed by atoms with Gasteiger partial charge >= 0.3 is 0 Å². The Morgan fingerprint density at radius 2 is 1.75 bits per heavy atom. The van der Waals surface area contributed by atoms with Crippen LogP contribution in [0, 0.1) is 18.7 Å². The summed E-state index contributed by atoms with van der Waals surface area (Å²) >= 11 is 0. The predicted octanol–water partition coefficient (Wildman–Crippen LogP) is 4.50. The molecule has 1 heterocycles. The number of ether oxygens (including phenoxy) is 1. The Balaban J connectivity index is 1.88. The smallest absolute Gasteiger partial charge is 0.126 e. The van der Waals surface area contributed by atoms with E-state index in [-0.39, 0.29) is 17.8 Å². The summed E-state index contributed by atoms with van der Waals surface area (Å²) in [6, 6.07) is 11.4. The average molecular weight is 387 g/mol. The Labute approximate surface area is 167 Å². The number of hydrogen-bond donors (Lipinski definition) is 2. The predicted molar refractivity (Wildman–Crippen MR) is 109 cm³/mol. The van der Waals surface area contributed by atoms with Crippen LogP contribution in [0.5, 0.6) is 0 Å². The van der Waals surface area contributed by atoms with Crippen molar-refractivity contribution in [1.82, 2.24) is 0 Å². The molecule has 0 bridgehead atoms. The summed E-state index contributed by atoms with van der Waals surface area (Å²) in [5, 5.41) is 21.0. The van der Waals surface area contributed by atoms with E-state index in [9.17, 15) is 14.6 Å². The fraction of sp³-hybridized carbons (Fsp3) is 0.500. The van der Waals surface area contributed by atoms with Gasteiger partial charge in [0.25, 0.3) is 0 Å². The van der Waals surface area contributed by atoms with Gasteiger partial charge in [0.2, 0.25) is 0 Å². The minimum atomic E-state index is -0.963. The SMILES string of the molecule is CCc1ccc(Cc2cc([C@@H]3O[C@H](CC)[C@@H](C)[C@H](O)[C@H]3O)ccc2C)cc1F. The van der Waals surface area contributed by atoms with Crippen molar-refractivity contribution in [1.29, 1.82) is 0 Å². The number of aliphatic hydroxyl groups is 2. The Morgan fingerprint density at radius 3 is 2.39 bits per heavy atom. The molecule has 1 fully saturated rings. The van der Waals surface area contributed by atoms with Gasteiger partial charge in [0.1, 0.15) is 18.0 Å². The topological polar surface area (TPSA) is 49.7 Å². The van der Waals surface area contributed by atoms with E-state index in [2.05, 4.69) is 0 Å². The van der Waals surface area contributed by atoms with Crippen LogP contribution in [0.25, 0.3) is 0 Å². The molecule has 2 N–H and O–H groups in total. The van der Waals surface area contributed by atoms with Crippen LogP contribution in [0.1, 0.15) is 61.1 Å². The first-order chi connectivity index (χ1) is 13.3. The summed E-state index contributed by atoms with van der Waals surface area (Å²) in [5.41, 5.74) is 4.66. The number of aliphatic hydroxyl groups excluding tert-OH is 2. The van der Waals surface area contributed by atoms with Gasteiger partial charge in [0.05, 0.1) is 12.2 Å². The first-order valence-corrected chi connectivity index (χ1v) is 10.2. The molecule has 0 unspecified atom stereocenters. The lowest BCUT2D eigenvalue weighted by Gasteiger charge is -2.41. The van der Waals surface area contributed by atoms with Crippen molar-refractivity contribution >= 4 is 0 Å². The van der Waals surface area contributed by atoms with Crippen LogP contribution in [0.2, 0.25) is 0 Å². The molecule has 0 aromatic heterocycles. The van der Waals surface area contributed by atoms with Gasteiger partial charge in [-0.3, -0.25) is 0 Å². The van der Waals surface area contributed by atoms with Crippen LogP contribution < -0.4 is 0 Å². The van der Waals surface area contributed by atoms with E-state index in [1.54, 1.807) is 6.07 Å². The molecule has 2 aromatic rings. The molecule has 1 saturated heterocycles. The summed E-state index contributed by atoms with van der Waals surface area (Å²) < 4.78 is 20.3. The Morgan fingerprint density at radius 1 is 1.00 bits per heavy atom. The summed E-state index contributed by atoms with van der Waals surface area (Å²) in [7, 11) is 0. The van der Waals surface area contributed by atoms with Crippen LogP contribution in [-0.2, 0) is 17.6 Å². The highest BCUT2D eigenvalue weighted by molar-refractivity contribution is 5.38. The highest BCUT2D eigenvalue weighted by Gasteiger charge is 2.41. The maximum atomic E-state index is 14.2. The molecular weight excluding hydrogens is 355 g/mol. The van der Waals surface area contributed by atoms with Crippen molar-refractivity contribution in [3.05, 3.63) is 70.0 Å². The zero-order valence-electron chi connectivity index (χ0n) is 17.2. The van der Waals surface area contributed by atoms with Crippen LogP contribution in [0.15, 0.2) is 36.4 Å². The lowest BCUT2D eigenvalue weighted by molar-refractivity contribution is -0.199. The zero-order valence-corrected chi connectivity index (χ0v) is 17.2. The van der Waals surface area contributed by atoms with Gasteiger partial charge in [-0.15, -0.1) is 0 Å². The van der Waals surface area contributed by atoms with Crippen molar-refractivity contribution in [2.24, 2.45) is 5.92 Å². The van der Waals surface area contributed by atoms with Gasteiger partial charge in [-0.05, 0) is 60.1 Å². The van der Waals surface area contributed by atoms with E-state index < -0.39 is 18.3 Å². The average Bonchev–Trinajstić information content (AvgIpc) is 2.68. The maximum Gasteiger partial charge on any atom is 0.126 e. The summed E-state index contributed by atoms with van der Waals surface area (Å²) in [4.78, 5) is 0. The monoisotopic (exact) mass is 386 g/mol. The molecule has 3 nitrogen and oxygen atoms in total. The Bertz CT molecular complexity index is 817. The Hall–Kier alpha value is -1.75. The molecule has 0 aliphatic carbocycles. The lowest BCUT2D eigenvalue weighted by Crippen LogP contribution is -2.49. The van der Waals surface area contributed by atoms with Gasteiger partial charge in [0, 0.05) is 5.92 Å². The molecule has 0 saturated carbocycles. The molecule has 0 spiro atoms. The van der Waals surface area contributed by atoms with E-state index in [4.69, 9.17) is 4.74 Å². The quantitative estimate of drug-likeness (QED) is 0.796. The highest BCUT2D eigenvalue weighted by atomic mass is 19.1. The molecular formula is C24H31FO3. The first-order valence-electron chi connectivity index (χ1n) is 10.2. The molecule has 0 amide bonds. The van der Waals surface area contributed by atoms with Crippen molar-refractivity contribution in [3.63, 3.8) is 0 Å². The van der Waals surface area contributed by atoms with E-state index in [0.717, 1.165) is 34.2 Å². The Kier molecular flexibility index (Phi) is 6.54. The number of aryl methyl sites for hydroxylation is 2. The second kappa shape index (κ2) is 8.73. The van der Waals surface area contributed by atoms with Crippen LogP contribution in [-0.4, -0.2) is 28.5 Å². The van der Waals surface area contributed by atoms with Gasteiger partial charge < -0.3 is 14.9 Å². The zero-order chi connectivity index (χ0) is 20.4. The summed E-state index contributed by atoms with van der Waals surface area (Å²) in [6.07, 6.45) is -0.364. The number of hydrogen-bond acceptors (Lipinski definition) is 3. The number of rotatable bonds is 5.